The molecular weight excluding hydrogens is 448 g/mol. The second kappa shape index (κ2) is 11.1. The number of carbonyl (C=O) groups excluding carboxylic acids is 2. The van der Waals surface area contributed by atoms with E-state index in [2.05, 4.69) is 32.6 Å². The molecule has 1 saturated heterocycles. The number of carbonyl (C=O) groups is 2. The first-order valence-corrected chi connectivity index (χ1v) is 11.8. The number of benzene rings is 2. The van der Waals surface area contributed by atoms with Crippen molar-refractivity contribution >= 4 is 17.7 Å². The van der Waals surface area contributed by atoms with Crippen LogP contribution in [0.5, 0.6) is 11.5 Å². The van der Waals surface area contributed by atoms with E-state index in [0.29, 0.717) is 34.9 Å². The number of amides is 2. The molecule has 1 atom stereocenters. The molecular formula is C26H32N4O5. The fraction of sp³-hybridized carbons (Fsp3) is 0.385. The molecule has 2 aromatic rings. The number of anilines is 1. The monoisotopic (exact) mass is 480 g/mol. The molecule has 0 bridgehead atoms. The van der Waals surface area contributed by atoms with Gasteiger partial charge in [-0.3, -0.25) is 4.90 Å². The van der Waals surface area contributed by atoms with Crippen LogP contribution in [0.3, 0.4) is 0 Å². The Labute approximate surface area is 205 Å². The second-order valence-electron chi connectivity index (χ2n) is 8.36. The second-order valence-corrected chi connectivity index (χ2v) is 8.36. The number of esters is 1. The van der Waals surface area contributed by atoms with Crippen LogP contribution < -0.4 is 25.0 Å². The summed E-state index contributed by atoms with van der Waals surface area (Å²) in [7, 11) is 3.11. The van der Waals surface area contributed by atoms with Crippen molar-refractivity contribution in [3.8, 4) is 11.5 Å². The molecule has 9 nitrogen and oxygen atoms in total. The molecule has 0 radical (unpaired) electrons. The molecule has 1 fully saturated rings. The van der Waals surface area contributed by atoms with Gasteiger partial charge in [-0.1, -0.05) is 24.3 Å². The lowest BCUT2D eigenvalue weighted by atomic mass is 9.94. The van der Waals surface area contributed by atoms with Gasteiger partial charge >= 0.3 is 12.0 Å². The van der Waals surface area contributed by atoms with E-state index in [0.717, 1.165) is 26.2 Å². The van der Waals surface area contributed by atoms with Gasteiger partial charge in [-0.15, -0.1) is 0 Å². The highest BCUT2D eigenvalue weighted by Gasteiger charge is 2.35. The number of urea groups is 1. The molecule has 0 aromatic heterocycles. The lowest BCUT2D eigenvalue weighted by Crippen LogP contribution is -2.51. The van der Waals surface area contributed by atoms with Crippen molar-refractivity contribution in [2.24, 2.45) is 0 Å². The summed E-state index contributed by atoms with van der Waals surface area (Å²) in [5.41, 5.74) is 2.85. The number of rotatable bonds is 8. The summed E-state index contributed by atoms with van der Waals surface area (Å²) in [6.07, 6.45) is 0. The van der Waals surface area contributed by atoms with Crippen LogP contribution in [-0.4, -0.2) is 70.5 Å². The first kappa shape index (κ1) is 24.4. The molecule has 1 unspecified atom stereocenters. The highest BCUT2D eigenvalue weighted by atomic mass is 16.5. The Bertz CT molecular complexity index is 1080. The van der Waals surface area contributed by atoms with Gasteiger partial charge < -0.3 is 29.7 Å². The first-order valence-electron chi connectivity index (χ1n) is 11.8. The van der Waals surface area contributed by atoms with Gasteiger partial charge in [0.25, 0.3) is 0 Å². The van der Waals surface area contributed by atoms with Crippen LogP contribution >= 0.6 is 0 Å². The van der Waals surface area contributed by atoms with Crippen molar-refractivity contribution in [2.75, 3.05) is 58.5 Å². The summed E-state index contributed by atoms with van der Waals surface area (Å²) in [5, 5.41) is 5.74. The van der Waals surface area contributed by atoms with E-state index in [1.807, 2.05) is 24.3 Å². The largest absolute Gasteiger partial charge is 0.493 e. The molecule has 9 heteroatoms. The van der Waals surface area contributed by atoms with E-state index >= 15 is 0 Å². The zero-order valence-electron chi connectivity index (χ0n) is 20.4. The minimum absolute atomic E-state index is 0.234. The molecule has 186 valence electrons. The summed E-state index contributed by atoms with van der Waals surface area (Å²) in [6, 6.07) is 14.6. The number of para-hydroxylation sites is 1. The maximum atomic E-state index is 13.1. The summed E-state index contributed by atoms with van der Waals surface area (Å²) in [6.45, 7) is 5.76. The fourth-order valence-electron chi connectivity index (χ4n) is 4.50. The van der Waals surface area contributed by atoms with Gasteiger partial charge in [0, 0.05) is 44.1 Å². The number of methoxy groups -OCH3 is 2. The Kier molecular flexibility index (Phi) is 7.77. The predicted molar refractivity (Wildman–Crippen MR) is 133 cm³/mol. The topological polar surface area (TPSA) is 92.4 Å². The molecule has 2 aromatic carbocycles. The lowest BCUT2D eigenvalue weighted by molar-refractivity contribution is -0.139. The number of hydrogen-bond acceptors (Lipinski definition) is 7. The molecule has 2 heterocycles. The van der Waals surface area contributed by atoms with E-state index in [1.54, 1.807) is 33.3 Å². The quantitative estimate of drug-likeness (QED) is 0.562. The summed E-state index contributed by atoms with van der Waals surface area (Å²) in [5.74, 6) is 0.618. The molecule has 0 saturated carbocycles. The van der Waals surface area contributed by atoms with Gasteiger partial charge in [0.2, 0.25) is 0 Å². The molecule has 2 amide bonds. The van der Waals surface area contributed by atoms with Crippen molar-refractivity contribution in [3.63, 3.8) is 0 Å². The minimum Gasteiger partial charge on any atom is -0.493 e. The number of nitrogens with zero attached hydrogens (tertiary/aromatic N) is 2. The van der Waals surface area contributed by atoms with Crippen molar-refractivity contribution in [2.45, 2.75) is 13.0 Å². The minimum atomic E-state index is -0.678. The SMILES string of the molecule is CCOC(=O)C1=C(CN2CCN(c3ccccc3)CC2)NC(=O)NC1c1ccc(OC)c(OC)c1. The van der Waals surface area contributed by atoms with Crippen LogP contribution in [-0.2, 0) is 9.53 Å². The Balaban J connectivity index is 1.60. The maximum absolute atomic E-state index is 13.1. The Morgan fingerprint density at radius 2 is 1.71 bits per heavy atom. The number of nitrogens with one attached hydrogen (secondary N) is 2. The van der Waals surface area contributed by atoms with Gasteiger partial charge in [0.1, 0.15) is 0 Å². The summed E-state index contributed by atoms with van der Waals surface area (Å²) in [4.78, 5) is 30.3. The zero-order chi connectivity index (χ0) is 24.8. The van der Waals surface area contributed by atoms with Crippen LogP contribution in [0.15, 0.2) is 59.8 Å². The van der Waals surface area contributed by atoms with Crippen molar-refractivity contribution < 1.29 is 23.8 Å². The maximum Gasteiger partial charge on any atom is 0.338 e. The number of ether oxygens (including phenoxy) is 3. The van der Waals surface area contributed by atoms with Crippen LogP contribution in [0.1, 0.15) is 18.5 Å². The number of piperazine rings is 1. The van der Waals surface area contributed by atoms with E-state index in [9.17, 15) is 9.59 Å². The van der Waals surface area contributed by atoms with Crippen molar-refractivity contribution in [1.29, 1.82) is 0 Å². The van der Waals surface area contributed by atoms with Gasteiger partial charge in [-0.2, -0.15) is 0 Å². The van der Waals surface area contributed by atoms with Gasteiger partial charge in [-0.05, 0) is 36.8 Å². The number of hydrogen-bond donors (Lipinski definition) is 2. The zero-order valence-corrected chi connectivity index (χ0v) is 20.4. The van der Waals surface area contributed by atoms with E-state index in [-0.39, 0.29) is 12.6 Å². The molecule has 0 spiro atoms. The average Bonchev–Trinajstić information content (AvgIpc) is 2.89. The third kappa shape index (κ3) is 5.51. The Hall–Kier alpha value is -3.72. The van der Waals surface area contributed by atoms with Gasteiger partial charge in [0.05, 0.1) is 32.4 Å². The molecule has 0 aliphatic carbocycles. The Morgan fingerprint density at radius 3 is 2.37 bits per heavy atom. The Morgan fingerprint density at radius 1 is 1.00 bits per heavy atom. The van der Waals surface area contributed by atoms with Crippen LogP contribution in [0.4, 0.5) is 10.5 Å². The summed E-state index contributed by atoms with van der Waals surface area (Å²) >= 11 is 0. The van der Waals surface area contributed by atoms with E-state index in [4.69, 9.17) is 14.2 Å². The third-order valence-corrected chi connectivity index (χ3v) is 6.27. The molecule has 35 heavy (non-hydrogen) atoms. The highest BCUT2D eigenvalue weighted by Crippen LogP contribution is 2.34. The van der Waals surface area contributed by atoms with Crippen molar-refractivity contribution in [3.05, 3.63) is 65.4 Å². The standard InChI is InChI=1S/C26H32N4O5/c1-4-35-25(31)23-20(17-29-12-14-30(15-13-29)19-8-6-5-7-9-19)27-26(32)28-24(23)18-10-11-21(33-2)22(16-18)34-3/h5-11,16,24H,4,12-15,17H2,1-3H3,(H2,27,28,32). The molecule has 2 aliphatic rings. The van der Waals surface area contributed by atoms with Gasteiger partial charge in [0.15, 0.2) is 11.5 Å². The van der Waals surface area contributed by atoms with Crippen LogP contribution in [0.2, 0.25) is 0 Å². The van der Waals surface area contributed by atoms with Crippen LogP contribution in [0.25, 0.3) is 0 Å². The fourth-order valence-corrected chi connectivity index (χ4v) is 4.50. The molecule has 2 aliphatic heterocycles. The smallest absolute Gasteiger partial charge is 0.338 e. The third-order valence-electron chi connectivity index (χ3n) is 6.27. The lowest BCUT2D eigenvalue weighted by Gasteiger charge is -2.38. The van der Waals surface area contributed by atoms with Gasteiger partial charge in [-0.25, -0.2) is 9.59 Å². The molecule has 2 N–H and O–H groups in total. The normalized spacial score (nSPS) is 18.5. The first-order chi connectivity index (χ1) is 17.0. The van der Waals surface area contributed by atoms with E-state index in [1.165, 1.54) is 5.69 Å². The van der Waals surface area contributed by atoms with E-state index < -0.39 is 12.0 Å². The highest BCUT2D eigenvalue weighted by molar-refractivity contribution is 5.95. The molecule has 4 rings (SSSR count). The average molecular weight is 481 g/mol. The van der Waals surface area contributed by atoms with Crippen LogP contribution in [0, 0.1) is 0 Å². The summed E-state index contributed by atoms with van der Waals surface area (Å²) < 4.78 is 16.2. The van der Waals surface area contributed by atoms with Crippen molar-refractivity contribution in [1.82, 2.24) is 15.5 Å². The predicted octanol–water partition coefficient (Wildman–Crippen LogP) is 2.70.